The lowest BCUT2D eigenvalue weighted by atomic mass is 9.94. The van der Waals surface area contributed by atoms with Crippen LogP contribution in [0.15, 0.2) is 24.3 Å². The Balaban J connectivity index is 1.80. The molecule has 0 aliphatic carbocycles. The van der Waals surface area contributed by atoms with Crippen LogP contribution in [-0.4, -0.2) is 47.8 Å². The topological polar surface area (TPSA) is 105 Å². The molecule has 0 aromatic heterocycles. The van der Waals surface area contributed by atoms with E-state index in [1.165, 1.54) is 5.56 Å². The van der Waals surface area contributed by atoms with Crippen LogP contribution in [-0.2, 0) is 14.4 Å². The molecule has 172 valence electrons. The molecule has 3 amide bonds. The zero-order valence-corrected chi connectivity index (χ0v) is 19.5. The number of amides is 3. The van der Waals surface area contributed by atoms with Gasteiger partial charge in [-0.3, -0.25) is 14.4 Å². The lowest BCUT2D eigenvalue weighted by Gasteiger charge is -2.33. The Morgan fingerprint density at radius 2 is 1.61 bits per heavy atom. The summed E-state index contributed by atoms with van der Waals surface area (Å²) >= 11 is 0. The van der Waals surface area contributed by atoms with Crippen molar-refractivity contribution in [1.82, 2.24) is 10.2 Å². The van der Waals surface area contributed by atoms with Crippen LogP contribution in [0.2, 0.25) is 0 Å². The second-order valence-corrected chi connectivity index (χ2v) is 9.33. The van der Waals surface area contributed by atoms with Crippen molar-refractivity contribution in [3.05, 3.63) is 29.8 Å². The number of nitrogens with zero attached hydrogens (tertiary/aromatic N) is 1. The van der Waals surface area contributed by atoms with Gasteiger partial charge in [0.2, 0.25) is 17.7 Å². The van der Waals surface area contributed by atoms with Crippen LogP contribution < -0.4 is 16.4 Å². The van der Waals surface area contributed by atoms with Gasteiger partial charge in [0.05, 0.1) is 6.04 Å². The summed E-state index contributed by atoms with van der Waals surface area (Å²) in [5.41, 5.74) is 7.93. The van der Waals surface area contributed by atoms with Gasteiger partial charge in [-0.25, -0.2) is 0 Å². The van der Waals surface area contributed by atoms with Crippen LogP contribution in [0.1, 0.15) is 65.4 Å². The van der Waals surface area contributed by atoms with Gasteiger partial charge in [0.1, 0.15) is 6.04 Å². The zero-order chi connectivity index (χ0) is 23.1. The van der Waals surface area contributed by atoms with Crippen LogP contribution in [0.3, 0.4) is 0 Å². The van der Waals surface area contributed by atoms with E-state index in [0.717, 1.165) is 0 Å². The van der Waals surface area contributed by atoms with Crippen LogP contribution in [0.25, 0.3) is 0 Å². The minimum absolute atomic E-state index is 0.0382. The monoisotopic (exact) mass is 430 g/mol. The van der Waals surface area contributed by atoms with E-state index >= 15 is 0 Å². The summed E-state index contributed by atoms with van der Waals surface area (Å²) in [6.45, 7) is 11.0. The lowest BCUT2D eigenvalue weighted by molar-refractivity contribution is -0.137. The maximum absolute atomic E-state index is 12.6. The molecular formula is C24H38N4O3. The first kappa shape index (κ1) is 24.9. The van der Waals surface area contributed by atoms with E-state index in [2.05, 4.69) is 24.5 Å². The van der Waals surface area contributed by atoms with Gasteiger partial charge in [-0.15, -0.1) is 0 Å². The number of likely N-dealkylation sites (tertiary alicyclic amines) is 1. The van der Waals surface area contributed by atoms with E-state index in [9.17, 15) is 14.4 Å². The molecular weight excluding hydrogens is 392 g/mol. The zero-order valence-electron chi connectivity index (χ0n) is 19.5. The molecule has 0 saturated carbocycles. The van der Waals surface area contributed by atoms with Crippen molar-refractivity contribution in [2.24, 2.45) is 17.6 Å². The molecule has 2 rings (SSSR count). The third-order valence-electron chi connectivity index (χ3n) is 5.82. The maximum Gasteiger partial charge on any atom is 0.246 e. The molecule has 1 aromatic carbocycles. The highest BCUT2D eigenvalue weighted by atomic mass is 16.2. The van der Waals surface area contributed by atoms with Crippen molar-refractivity contribution < 1.29 is 14.4 Å². The second kappa shape index (κ2) is 11.3. The van der Waals surface area contributed by atoms with Crippen molar-refractivity contribution in [2.75, 3.05) is 18.4 Å². The van der Waals surface area contributed by atoms with Gasteiger partial charge in [-0.1, -0.05) is 39.8 Å². The Labute approximate surface area is 186 Å². The summed E-state index contributed by atoms with van der Waals surface area (Å²) < 4.78 is 0. The summed E-state index contributed by atoms with van der Waals surface area (Å²) in [4.78, 5) is 39.3. The van der Waals surface area contributed by atoms with E-state index in [1.54, 1.807) is 11.8 Å². The van der Waals surface area contributed by atoms with Gasteiger partial charge in [-0.05, 0) is 55.7 Å². The fraction of sp³-hybridized carbons (Fsp3) is 0.625. The maximum atomic E-state index is 12.6. The standard InChI is InChI=1S/C24H38N4O3/c1-15(2)14-21(25)24(31)28-12-10-19(11-13-28)23(30)26-17(5)22(29)27-20-8-6-18(7-9-20)16(3)4/h6-9,15-17,19,21H,10-14,25H2,1-5H3,(H,26,30)(H,27,29)/t17-,21-/m0/s1. The predicted octanol–water partition coefficient (Wildman–Crippen LogP) is 2.87. The molecule has 0 bridgehead atoms. The summed E-state index contributed by atoms with van der Waals surface area (Å²) in [6.07, 6.45) is 1.82. The number of anilines is 1. The summed E-state index contributed by atoms with van der Waals surface area (Å²) in [5.74, 6) is 0.155. The van der Waals surface area contributed by atoms with E-state index in [-0.39, 0.29) is 23.6 Å². The smallest absolute Gasteiger partial charge is 0.246 e. The quantitative estimate of drug-likeness (QED) is 0.590. The Kier molecular flexibility index (Phi) is 9.04. The molecule has 1 fully saturated rings. The molecule has 2 atom stereocenters. The molecule has 7 heteroatoms. The molecule has 1 heterocycles. The van der Waals surface area contributed by atoms with Crippen molar-refractivity contribution in [2.45, 2.75) is 71.9 Å². The fourth-order valence-corrected chi connectivity index (χ4v) is 3.80. The SMILES string of the molecule is CC(C)C[C@H](N)C(=O)N1CCC(C(=O)N[C@@H](C)C(=O)Nc2ccc(C(C)C)cc2)CC1. The molecule has 1 aliphatic rings. The van der Waals surface area contributed by atoms with Crippen molar-refractivity contribution >= 4 is 23.4 Å². The molecule has 1 saturated heterocycles. The Morgan fingerprint density at radius 3 is 2.13 bits per heavy atom. The first-order valence-electron chi connectivity index (χ1n) is 11.3. The number of nitrogens with one attached hydrogen (secondary N) is 2. The fourth-order valence-electron chi connectivity index (χ4n) is 3.80. The number of carbonyl (C=O) groups is 3. The van der Waals surface area contributed by atoms with E-state index in [4.69, 9.17) is 5.73 Å². The van der Waals surface area contributed by atoms with Crippen LogP contribution in [0.5, 0.6) is 0 Å². The molecule has 1 aliphatic heterocycles. The van der Waals surface area contributed by atoms with Gasteiger partial charge < -0.3 is 21.3 Å². The second-order valence-electron chi connectivity index (χ2n) is 9.33. The van der Waals surface area contributed by atoms with Gasteiger partial charge in [0.15, 0.2) is 0 Å². The lowest BCUT2D eigenvalue weighted by Crippen LogP contribution is -2.50. The van der Waals surface area contributed by atoms with E-state index in [0.29, 0.717) is 49.9 Å². The molecule has 0 radical (unpaired) electrons. The number of carbonyl (C=O) groups excluding carboxylic acids is 3. The average Bonchev–Trinajstić information content (AvgIpc) is 2.73. The van der Waals surface area contributed by atoms with Crippen molar-refractivity contribution in [3.8, 4) is 0 Å². The number of hydrogen-bond acceptors (Lipinski definition) is 4. The number of hydrogen-bond donors (Lipinski definition) is 3. The first-order chi connectivity index (χ1) is 14.6. The normalized spacial score (nSPS) is 16.8. The van der Waals surface area contributed by atoms with Gasteiger partial charge in [0.25, 0.3) is 0 Å². The summed E-state index contributed by atoms with van der Waals surface area (Å²) in [5, 5.41) is 5.66. The van der Waals surface area contributed by atoms with Crippen LogP contribution in [0.4, 0.5) is 5.69 Å². The highest BCUT2D eigenvalue weighted by molar-refractivity contribution is 5.97. The van der Waals surface area contributed by atoms with Crippen molar-refractivity contribution in [3.63, 3.8) is 0 Å². The Hall–Kier alpha value is -2.41. The highest BCUT2D eigenvalue weighted by Gasteiger charge is 2.30. The van der Waals surface area contributed by atoms with Crippen LogP contribution in [0, 0.1) is 11.8 Å². The molecule has 31 heavy (non-hydrogen) atoms. The minimum Gasteiger partial charge on any atom is -0.344 e. The third kappa shape index (κ3) is 7.35. The van der Waals surface area contributed by atoms with Crippen molar-refractivity contribution in [1.29, 1.82) is 0 Å². The average molecular weight is 431 g/mol. The largest absolute Gasteiger partial charge is 0.344 e. The molecule has 0 unspecified atom stereocenters. The summed E-state index contributed by atoms with van der Waals surface area (Å²) in [6, 6.07) is 6.61. The first-order valence-corrected chi connectivity index (χ1v) is 11.3. The van der Waals surface area contributed by atoms with Gasteiger partial charge in [-0.2, -0.15) is 0 Å². The Morgan fingerprint density at radius 1 is 1.03 bits per heavy atom. The highest BCUT2D eigenvalue weighted by Crippen LogP contribution is 2.20. The molecule has 7 nitrogen and oxygen atoms in total. The predicted molar refractivity (Wildman–Crippen MR) is 123 cm³/mol. The number of rotatable bonds is 8. The minimum atomic E-state index is -0.642. The molecule has 0 spiro atoms. The molecule has 1 aromatic rings. The summed E-state index contributed by atoms with van der Waals surface area (Å²) in [7, 11) is 0. The number of benzene rings is 1. The van der Waals surface area contributed by atoms with E-state index < -0.39 is 12.1 Å². The van der Waals surface area contributed by atoms with Crippen LogP contribution >= 0.6 is 0 Å². The molecule has 4 N–H and O–H groups in total. The van der Waals surface area contributed by atoms with Gasteiger partial charge in [0, 0.05) is 24.7 Å². The van der Waals surface area contributed by atoms with E-state index in [1.807, 2.05) is 38.1 Å². The van der Waals surface area contributed by atoms with Gasteiger partial charge >= 0.3 is 0 Å². The third-order valence-corrected chi connectivity index (χ3v) is 5.82. The number of piperidine rings is 1. The number of nitrogens with two attached hydrogens (primary N) is 1. The Bertz CT molecular complexity index is 753.